The number of ether oxygens (including phenoxy) is 1. The molecule has 8 nitrogen and oxygen atoms in total. The van der Waals surface area contributed by atoms with Gasteiger partial charge in [0.05, 0.1) is 9.82 Å². The molecule has 1 aliphatic heterocycles. The maximum Gasteiger partial charge on any atom is 0.312 e. The van der Waals surface area contributed by atoms with Crippen molar-refractivity contribution in [2.24, 2.45) is 0 Å². The normalized spacial score (nSPS) is 16.1. The van der Waals surface area contributed by atoms with Gasteiger partial charge in [-0.2, -0.15) is 4.31 Å². The Bertz CT molecular complexity index is 999. The Morgan fingerprint density at radius 1 is 1.07 bits per heavy atom. The summed E-state index contributed by atoms with van der Waals surface area (Å²) in [6.45, 7) is 6.03. The van der Waals surface area contributed by atoms with Gasteiger partial charge in [-0.05, 0) is 42.8 Å². The van der Waals surface area contributed by atoms with Crippen molar-refractivity contribution in [2.75, 3.05) is 33.2 Å². The van der Waals surface area contributed by atoms with E-state index in [-0.39, 0.29) is 22.3 Å². The molecule has 1 saturated heterocycles. The molecule has 0 saturated carbocycles. The number of piperazine rings is 1. The Kier molecular flexibility index (Phi) is 6.21. The van der Waals surface area contributed by atoms with Gasteiger partial charge < -0.3 is 9.64 Å². The van der Waals surface area contributed by atoms with Crippen molar-refractivity contribution < 1.29 is 18.1 Å². The summed E-state index contributed by atoms with van der Waals surface area (Å²) in [5, 5.41) is 11.6. The minimum Gasteiger partial charge on any atom is -0.450 e. The predicted octanol–water partition coefficient (Wildman–Crippen LogP) is 3.45. The lowest BCUT2D eigenvalue weighted by Gasteiger charge is -2.31. The van der Waals surface area contributed by atoms with Gasteiger partial charge in [-0.25, -0.2) is 8.42 Å². The first kappa shape index (κ1) is 21.2. The molecule has 3 rings (SSSR count). The molecule has 0 radical (unpaired) electrons. The molecule has 1 fully saturated rings. The van der Waals surface area contributed by atoms with Crippen LogP contribution in [-0.2, 0) is 10.0 Å². The molecule has 1 aliphatic rings. The fourth-order valence-corrected chi connectivity index (χ4v) is 4.57. The average molecular weight is 420 g/mol. The van der Waals surface area contributed by atoms with Crippen LogP contribution in [0.1, 0.15) is 25.3 Å². The Morgan fingerprint density at radius 3 is 2.38 bits per heavy atom. The summed E-state index contributed by atoms with van der Waals surface area (Å²) in [7, 11) is -1.88. The zero-order valence-electron chi connectivity index (χ0n) is 16.7. The van der Waals surface area contributed by atoms with Crippen LogP contribution >= 0.6 is 0 Å². The number of likely N-dealkylation sites (N-methyl/N-ethyl adjacent to an activating group) is 1. The zero-order chi connectivity index (χ0) is 21.2. The van der Waals surface area contributed by atoms with Gasteiger partial charge in [-0.1, -0.05) is 26.0 Å². The number of hydrogen-bond donors (Lipinski definition) is 0. The Balaban J connectivity index is 1.91. The smallest absolute Gasteiger partial charge is 0.312 e. The molecule has 29 heavy (non-hydrogen) atoms. The van der Waals surface area contributed by atoms with Crippen LogP contribution in [0.5, 0.6) is 11.5 Å². The fourth-order valence-electron chi connectivity index (χ4n) is 3.13. The van der Waals surface area contributed by atoms with Crippen LogP contribution < -0.4 is 4.74 Å². The SMILES string of the molecule is CC(C)c1cccc(Oc2ccc(S(=O)(=O)N3CCN(C)CC3)cc2[N+](=O)[O-])c1. The highest BCUT2D eigenvalue weighted by Crippen LogP contribution is 2.35. The van der Waals surface area contributed by atoms with Crippen LogP contribution in [0.4, 0.5) is 5.69 Å². The highest BCUT2D eigenvalue weighted by Gasteiger charge is 2.30. The molecule has 2 aromatic carbocycles. The molecule has 0 aromatic heterocycles. The molecule has 0 aliphatic carbocycles. The molecule has 0 unspecified atom stereocenters. The van der Waals surface area contributed by atoms with Crippen LogP contribution in [0.2, 0.25) is 0 Å². The Hall–Kier alpha value is -2.49. The van der Waals surface area contributed by atoms with E-state index in [2.05, 4.69) is 0 Å². The Labute approximate surface area is 170 Å². The first-order valence-corrected chi connectivity index (χ1v) is 10.9. The second kappa shape index (κ2) is 8.48. The molecular weight excluding hydrogens is 394 g/mol. The third-order valence-electron chi connectivity index (χ3n) is 4.98. The average Bonchev–Trinajstić information content (AvgIpc) is 2.68. The lowest BCUT2D eigenvalue weighted by atomic mass is 10.0. The minimum atomic E-state index is -3.80. The first-order valence-electron chi connectivity index (χ1n) is 9.43. The van der Waals surface area contributed by atoms with Crippen LogP contribution in [0.25, 0.3) is 0 Å². The number of nitrogens with zero attached hydrogens (tertiary/aromatic N) is 3. The highest BCUT2D eigenvalue weighted by atomic mass is 32.2. The van der Waals surface area contributed by atoms with E-state index in [0.29, 0.717) is 31.9 Å². The van der Waals surface area contributed by atoms with Gasteiger partial charge in [0.25, 0.3) is 0 Å². The van der Waals surface area contributed by atoms with Gasteiger partial charge in [0.1, 0.15) is 5.75 Å². The van der Waals surface area contributed by atoms with E-state index in [1.165, 1.54) is 16.4 Å². The van der Waals surface area contributed by atoms with E-state index in [9.17, 15) is 18.5 Å². The van der Waals surface area contributed by atoms with Crippen LogP contribution in [-0.4, -0.2) is 55.8 Å². The van der Waals surface area contributed by atoms with Crippen LogP contribution in [0, 0.1) is 10.1 Å². The monoisotopic (exact) mass is 419 g/mol. The van der Waals surface area contributed by atoms with E-state index in [1.807, 2.05) is 44.0 Å². The van der Waals surface area contributed by atoms with Gasteiger partial charge in [-0.3, -0.25) is 10.1 Å². The molecule has 2 aromatic rings. The van der Waals surface area contributed by atoms with Crippen molar-refractivity contribution in [1.29, 1.82) is 0 Å². The lowest BCUT2D eigenvalue weighted by molar-refractivity contribution is -0.385. The highest BCUT2D eigenvalue weighted by molar-refractivity contribution is 7.89. The molecular formula is C20H25N3O5S. The first-order chi connectivity index (χ1) is 13.7. The van der Waals surface area contributed by atoms with E-state index in [0.717, 1.165) is 11.6 Å². The largest absolute Gasteiger partial charge is 0.450 e. The van der Waals surface area contributed by atoms with Crippen molar-refractivity contribution in [3.63, 3.8) is 0 Å². The van der Waals surface area contributed by atoms with Crippen molar-refractivity contribution >= 4 is 15.7 Å². The number of nitro groups is 1. The van der Waals surface area contributed by atoms with Gasteiger partial charge in [-0.15, -0.1) is 0 Å². The van der Waals surface area contributed by atoms with Crippen molar-refractivity contribution in [2.45, 2.75) is 24.7 Å². The molecule has 0 N–H and O–H groups in total. The summed E-state index contributed by atoms with van der Waals surface area (Å²) in [6, 6.07) is 11.1. The summed E-state index contributed by atoms with van der Waals surface area (Å²) >= 11 is 0. The molecule has 0 atom stereocenters. The second-order valence-electron chi connectivity index (χ2n) is 7.42. The zero-order valence-corrected chi connectivity index (χ0v) is 17.6. The lowest BCUT2D eigenvalue weighted by Crippen LogP contribution is -2.47. The van der Waals surface area contributed by atoms with Gasteiger partial charge >= 0.3 is 5.69 Å². The second-order valence-corrected chi connectivity index (χ2v) is 9.36. The summed E-state index contributed by atoms with van der Waals surface area (Å²) < 4.78 is 32.9. The number of rotatable bonds is 6. The van der Waals surface area contributed by atoms with Crippen LogP contribution in [0.15, 0.2) is 47.4 Å². The number of sulfonamides is 1. The molecule has 0 amide bonds. The standard InChI is InChI=1S/C20H25N3O5S/c1-15(2)16-5-4-6-17(13-16)28-20-8-7-18(14-19(20)23(24)25)29(26,27)22-11-9-21(3)10-12-22/h4-8,13-15H,9-12H2,1-3H3. The van der Waals surface area contributed by atoms with E-state index in [1.54, 1.807) is 6.07 Å². The molecule has 0 spiro atoms. The van der Waals surface area contributed by atoms with Crippen molar-refractivity contribution in [3.05, 3.63) is 58.1 Å². The summed E-state index contributed by atoms with van der Waals surface area (Å²) in [6.07, 6.45) is 0. The van der Waals surface area contributed by atoms with Crippen LogP contribution in [0.3, 0.4) is 0 Å². The molecule has 0 bridgehead atoms. The molecule has 156 valence electrons. The van der Waals surface area contributed by atoms with Gasteiger partial charge in [0.2, 0.25) is 15.8 Å². The quantitative estimate of drug-likeness (QED) is 0.526. The number of benzene rings is 2. The summed E-state index contributed by atoms with van der Waals surface area (Å²) in [4.78, 5) is 12.9. The van der Waals surface area contributed by atoms with E-state index in [4.69, 9.17) is 4.74 Å². The Morgan fingerprint density at radius 2 is 1.76 bits per heavy atom. The van der Waals surface area contributed by atoms with Gasteiger partial charge in [0, 0.05) is 32.2 Å². The molecule has 1 heterocycles. The minimum absolute atomic E-state index is 0.00762. The third kappa shape index (κ3) is 4.75. The van der Waals surface area contributed by atoms with Crippen molar-refractivity contribution in [1.82, 2.24) is 9.21 Å². The van der Waals surface area contributed by atoms with Gasteiger partial charge in [0.15, 0.2) is 0 Å². The van der Waals surface area contributed by atoms with E-state index >= 15 is 0 Å². The maximum atomic E-state index is 12.9. The third-order valence-corrected chi connectivity index (χ3v) is 6.87. The summed E-state index contributed by atoms with van der Waals surface area (Å²) in [5.74, 6) is 0.756. The summed E-state index contributed by atoms with van der Waals surface area (Å²) in [5.41, 5.74) is 0.662. The molecule has 9 heteroatoms. The van der Waals surface area contributed by atoms with E-state index < -0.39 is 14.9 Å². The topological polar surface area (TPSA) is 93.0 Å². The number of hydrogen-bond acceptors (Lipinski definition) is 6. The fraction of sp³-hybridized carbons (Fsp3) is 0.400. The predicted molar refractivity (Wildman–Crippen MR) is 110 cm³/mol. The number of nitro benzene ring substituents is 1. The van der Waals surface area contributed by atoms with Crippen molar-refractivity contribution in [3.8, 4) is 11.5 Å². The maximum absolute atomic E-state index is 12.9.